The van der Waals surface area contributed by atoms with E-state index in [0.29, 0.717) is 12.5 Å². The zero-order valence-corrected chi connectivity index (χ0v) is 11.1. The Morgan fingerprint density at radius 3 is 3.00 bits per heavy atom. The van der Waals surface area contributed by atoms with Gasteiger partial charge < -0.3 is 9.84 Å². The number of hydrogen-bond donors (Lipinski definition) is 1. The average Bonchev–Trinajstić information content (AvgIpc) is 2.32. The van der Waals surface area contributed by atoms with Crippen molar-refractivity contribution in [2.45, 2.75) is 38.4 Å². The van der Waals surface area contributed by atoms with E-state index in [1.807, 2.05) is 43.0 Å². The van der Waals surface area contributed by atoms with Gasteiger partial charge in [-0.2, -0.15) is 11.8 Å². The van der Waals surface area contributed by atoms with Crippen molar-refractivity contribution in [3.8, 4) is 5.75 Å². The fraction of sp³-hybridized carbons (Fsp3) is 0.571. The molecule has 94 valence electrons. The quantitative estimate of drug-likeness (QED) is 0.893. The number of aliphatic hydroxyl groups is 1. The summed E-state index contributed by atoms with van der Waals surface area (Å²) in [6.07, 6.45) is 3.07. The largest absolute Gasteiger partial charge is 0.489 e. The molecule has 3 heteroatoms. The molecule has 1 heterocycles. The third-order valence-corrected chi connectivity index (χ3v) is 4.08. The van der Waals surface area contributed by atoms with Crippen LogP contribution in [0.15, 0.2) is 24.3 Å². The molecule has 0 aliphatic carbocycles. The van der Waals surface area contributed by atoms with Crippen molar-refractivity contribution in [2.24, 2.45) is 0 Å². The Morgan fingerprint density at radius 1 is 1.47 bits per heavy atom. The van der Waals surface area contributed by atoms with Gasteiger partial charge in [-0.3, -0.25) is 0 Å². The number of thioether (sulfide) groups is 1. The monoisotopic (exact) mass is 252 g/mol. The molecule has 2 atom stereocenters. The second-order valence-corrected chi connectivity index (χ2v) is 5.77. The van der Waals surface area contributed by atoms with Crippen molar-refractivity contribution in [3.63, 3.8) is 0 Å². The highest BCUT2D eigenvalue weighted by atomic mass is 32.2. The molecule has 0 amide bonds. The van der Waals surface area contributed by atoms with E-state index in [-0.39, 0.29) is 6.10 Å². The summed E-state index contributed by atoms with van der Waals surface area (Å²) in [4.78, 5) is 0. The average molecular weight is 252 g/mol. The van der Waals surface area contributed by atoms with Gasteiger partial charge in [0.05, 0.1) is 6.10 Å². The van der Waals surface area contributed by atoms with Gasteiger partial charge in [-0.05, 0) is 37.1 Å². The Kier molecular flexibility index (Phi) is 4.75. The van der Waals surface area contributed by atoms with Gasteiger partial charge in [0.2, 0.25) is 0 Å². The lowest BCUT2D eigenvalue weighted by Crippen LogP contribution is -2.24. The zero-order chi connectivity index (χ0) is 12.1. The van der Waals surface area contributed by atoms with E-state index >= 15 is 0 Å². The number of aliphatic hydroxyl groups excluding tert-OH is 1. The molecule has 1 aliphatic rings. The van der Waals surface area contributed by atoms with Gasteiger partial charge in [0.25, 0.3) is 0 Å². The standard InChI is InChI=1S/C14H20O2S/c1-11(15)9-12-5-2-3-7-14(12)16-13-6-4-8-17-10-13/h2-3,5,7,11,13,15H,4,6,8-10H2,1H3. The first-order valence-corrected chi connectivity index (χ1v) is 7.41. The summed E-state index contributed by atoms with van der Waals surface area (Å²) in [6, 6.07) is 8.05. The topological polar surface area (TPSA) is 29.5 Å². The van der Waals surface area contributed by atoms with Crippen molar-refractivity contribution >= 4 is 11.8 Å². The minimum Gasteiger partial charge on any atom is -0.489 e. The molecule has 0 bridgehead atoms. The van der Waals surface area contributed by atoms with Gasteiger partial charge in [-0.1, -0.05) is 18.2 Å². The van der Waals surface area contributed by atoms with Crippen LogP contribution in [0.5, 0.6) is 5.75 Å². The van der Waals surface area contributed by atoms with Crippen LogP contribution in [0.3, 0.4) is 0 Å². The van der Waals surface area contributed by atoms with E-state index in [0.717, 1.165) is 23.5 Å². The van der Waals surface area contributed by atoms with Crippen LogP contribution in [0.1, 0.15) is 25.3 Å². The molecule has 1 aromatic carbocycles. The molecular weight excluding hydrogens is 232 g/mol. The molecule has 17 heavy (non-hydrogen) atoms. The highest BCUT2D eigenvalue weighted by molar-refractivity contribution is 7.99. The SMILES string of the molecule is CC(O)Cc1ccccc1OC1CCCSC1. The maximum absolute atomic E-state index is 9.48. The van der Waals surface area contributed by atoms with Crippen molar-refractivity contribution in [1.29, 1.82) is 0 Å². The van der Waals surface area contributed by atoms with Crippen molar-refractivity contribution in [3.05, 3.63) is 29.8 Å². The molecule has 0 saturated carbocycles. The minimum absolute atomic E-state index is 0.319. The van der Waals surface area contributed by atoms with Gasteiger partial charge in [-0.15, -0.1) is 0 Å². The first-order chi connectivity index (χ1) is 8.25. The maximum Gasteiger partial charge on any atom is 0.123 e. The molecule has 1 aliphatic heterocycles. The van der Waals surface area contributed by atoms with Gasteiger partial charge in [0.1, 0.15) is 11.9 Å². The summed E-state index contributed by atoms with van der Waals surface area (Å²) in [5.74, 6) is 3.29. The van der Waals surface area contributed by atoms with E-state index in [4.69, 9.17) is 4.74 Å². The summed E-state index contributed by atoms with van der Waals surface area (Å²) in [5.41, 5.74) is 1.11. The van der Waals surface area contributed by atoms with Crippen LogP contribution in [-0.2, 0) is 6.42 Å². The van der Waals surface area contributed by atoms with E-state index in [1.54, 1.807) is 0 Å². The molecule has 1 N–H and O–H groups in total. The third-order valence-electron chi connectivity index (χ3n) is 2.90. The van der Waals surface area contributed by atoms with Crippen LogP contribution in [0.25, 0.3) is 0 Å². The highest BCUT2D eigenvalue weighted by Gasteiger charge is 2.16. The van der Waals surface area contributed by atoms with E-state index in [2.05, 4.69) is 0 Å². The van der Waals surface area contributed by atoms with Crippen molar-refractivity contribution in [1.82, 2.24) is 0 Å². The molecule has 2 unspecified atom stereocenters. The number of rotatable bonds is 4. The van der Waals surface area contributed by atoms with Gasteiger partial charge in [0, 0.05) is 12.2 Å². The Balaban J connectivity index is 2.03. The number of ether oxygens (including phenoxy) is 1. The Bertz CT molecular complexity index is 346. The van der Waals surface area contributed by atoms with Crippen LogP contribution in [0.4, 0.5) is 0 Å². The normalized spacial score (nSPS) is 22.1. The Morgan fingerprint density at radius 2 is 2.29 bits per heavy atom. The summed E-state index contributed by atoms with van der Waals surface area (Å²) in [7, 11) is 0. The zero-order valence-electron chi connectivity index (χ0n) is 10.3. The lowest BCUT2D eigenvalue weighted by atomic mass is 10.1. The molecular formula is C14H20O2S. The lowest BCUT2D eigenvalue weighted by Gasteiger charge is -2.24. The smallest absolute Gasteiger partial charge is 0.123 e. The van der Waals surface area contributed by atoms with Crippen molar-refractivity contribution < 1.29 is 9.84 Å². The molecule has 0 spiro atoms. The van der Waals surface area contributed by atoms with E-state index < -0.39 is 0 Å². The predicted octanol–water partition coefficient (Wildman–Crippen LogP) is 2.88. The molecule has 0 radical (unpaired) electrons. The van der Waals surface area contributed by atoms with Crippen LogP contribution in [0.2, 0.25) is 0 Å². The van der Waals surface area contributed by atoms with Crippen LogP contribution in [0, 0.1) is 0 Å². The lowest BCUT2D eigenvalue weighted by molar-refractivity contribution is 0.185. The second-order valence-electron chi connectivity index (χ2n) is 4.62. The molecule has 1 saturated heterocycles. The van der Waals surface area contributed by atoms with Gasteiger partial charge >= 0.3 is 0 Å². The molecule has 2 rings (SSSR count). The highest BCUT2D eigenvalue weighted by Crippen LogP contribution is 2.26. The van der Waals surface area contributed by atoms with Gasteiger partial charge in [-0.25, -0.2) is 0 Å². The summed E-state index contributed by atoms with van der Waals surface area (Å²) in [5, 5.41) is 9.48. The van der Waals surface area contributed by atoms with Crippen LogP contribution < -0.4 is 4.74 Å². The summed E-state index contributed by atoms with van der Waals surface area (Å²) in [6.45, 7) is 1.81. The first-order valence-electron chi connectivity index (χ1n) is 6.26. The molecule has 0 aromatic heterocycles. The van der Waals surface area contributed by atoms with E-state index in [1.165, 1.54) is 12.2 Å². The number of benzene rings is 1. The molecule has 1 aromatic rings. The fourth-order valence-corrected chi connectivity index (χ4v) is 3.12. The van der Waals surface area contributed by atoms with Crippen molar-refractivity contribution in [2.75, 3.05) is 11.5 Å². The van der Waals surface area contributed by atoms with Gasteiger partial charge in [0.15, 0.2) is 0 Å². The fourth-order valence-electron chi connectivity index (χ4n) is 2.09. The summed E-state index contributed by atoms with van der Waals surface area (Å²) < 4.78 is 6.06. The number of para-hydroxylation sites is 1. The first kappa shape index (κ1) is 12.8. The van der Waals surface area contributed by atoms with Crippen LogP contribution in [-0.4, -0.2) is 28.8 Å². The number of hydrogen-bond acceptors (Lipinski definition) is 3. The van der Waals surface area contributed by atoms with E-state index in [9.17, 15) is 5.11 Å². The maximum atomic E-state index is 9.48. The Hall–Kier alpha value is -0.670. The Labute approximate surface area is 107 Å². The predicted molar refractivity (Wildman–Crippen MR) is 72.8 cm³/mol. The second kappa shape index (κ2) is 6.31. The van der Waals surface area contributed by atoms with Crippen LogP contribution >= 0.6 is 11.8 Å². The minimum atomic E-state index is -0.319. The molecule has 2 nitrogen and oxygen atoms in total. The molecule has 1 fully saturated rings. The summed E-state index contributed by atoms with van der Waals surface area (Å²) >= 11 is 1.97. The third kappa shape index (κ3) is 3.93.